The maximum atomic E-state index is 12.8. The van der Waals surface area contributed by atoms with E-state index in [0.717, 1.165) is 19.3 Å². The summed E-state index contributed by atoms with van der Waals surface area (Å²) in [5, 5.41) is 0. The summed E-state index contributed by atoms with van der Waals surface area (Å²) in [6, 6.07) is 0. The molecule has 3 rings (SSSR count). The number of rotatable bonds is 5. The van der Waals surface area contributed by atoms with Gasteiger partial charge >= 0.3 is 11.9 Å². The van der Waals surface area contributed by atoms with Crippen LogP contribution in [0.25, 0.3) is 0 Å². The molecule has 1 heterocycles. The van der Waals surface area contributed by atoms with Crippen LogP contribution in [-0.4, -0.2) is 41.7 Å². The van der Waals surface area contributed by atoms with Gasteiger partial charge in [-0.2, -0.15) is 0 Å². The summed E-state index contributed by atoms with van der Waals surface area (Å²) >= 11 is 0. The topological polar surface area (TPSA) is 103 Å². The fourth-order valence-electron chi connectivity index (χ4n) is 4.60. The summed E-state index contributed by atoms with van der Waals surface area (Å²) in [5.74, 6) is -1.48. The van der Waals surface area contributed by atoms with Crippen LogP contribution in [0.2, 0.25) is 0 Å². The van der Waals surface area contributed by atoms with Gasteiger partial charge in [0.2, 0.25) is 5.78 Å². The van der Waals surface area contributed by atoms with Gasteiger partial charge in [-0.3, -0.25) is 14.4 Å². The number of esters is 2. The first kappa shape index (κ1) is 20.3. The van der Waals surface area contributed by atoms with Gasteiger partial charge in [-0.15, -0.1) is 0 Å². The van der Waals surface area contributed by atoms with Crippen LogP contribution in [0.4, 0.5) is 0 Å². The molecule has 28 heavy (non-hydrogen) atoms. The number of hydrogen-bond donors (Lipinski definition) is 1. The van der Waals surface area contributed by atoms with Crippen molar-refractivity contribution in [2.45, 2.75) is 59.0 Å². The predicted molar refractivity (Wildman–Crippen MR) is 100 cm³/mol. The number of carbonyl (C=O) groups is 4. The third-order valence-corrected chi connectivity index (χ3v) is 6.12. The van der Waals surface area contributed by atoms with Crippen molar-refractivity contribution in [1.82, 2.24) is 4.98 Å². The van der Waals surface area contributed by atoms with Crippen molar-refractivity contribution >= 4 is 23.5 Å². The zero-order chi connectivity index (χ0) is 20.6. The summed E-state index contributed by atoms with van der Waals surface area (Å²) in [7, 11) is 1.28. The average molecular weight is 389 g/mol. The molecule has 2 bridgehead atoms. The van der Waals surface area contributed by atoms with E-state index in [4.69, 9.17) is 9.47 Å². The lowest BCUT2D eigenvalue weighted by Crippen LogP contribution is -2.40. The molecular weight excluding hydrogens is 362 g/mol. The number of nitrogens with one attached hydrogen (secondary N) is 1. The Morgan fingerprint density at radius 3 is 2.29 bits per heavy atom. The van der Waals surface area contributed by atoms with Gasteiger partial charge in [-0.25, -0.2) is 4.79 Å². The van der Waals surface area contributed by atoms with Crippen LogP contribution in [0, 0.1) is 31.6 Å². The lowest BCUT2D eigenvalue weighted by molar-refractivity contribution is -0.155. The maximum Gasteiger partial charge on any atom is 0.339 e. The highest BCUT2D eigenvalue weighted by Crippen LogP contribution is 2.40. The summed E-state index contributed by atoms with van der Waals surface area (Å²) in [6.07, 6.45) is 2.76. The number of aromatic amines is 1. The molecule has 152 valence electrons. The third-order valence-electron chi connectivity index (χ3n) is 6.12. The molecule has 2 saturated carbocycles. The van der Waals surface area contributed by atoms with Crippen LogP contribution < -0.4 is 0 Å². The second kappa shape index (κ2) is 7.89. The quantitative estimate of drug-likeness (QED) is 0.614. The van der Waals surface area contributed by atoms with Crippen molar-refractivity contribution in [3.8, 4) is 0 Å². The largest absolute Gasteiger partial charge is 0.465 e. The number of methoxy groups -OCH3 is 1. The highest BCUT2D eigenvalue weighted by molar-refractivity contribution is 6.04. The van der Waals surface area contributed by atoms with E-state index in [-0.39, 0.29) is 29.2 Å². The Morgan fingerprint density at radius 1 is 1.11 bits per heavy atom. The normalized spacial score (nSPS) is 25.1. The Hall–Kier alpha value is -2.44. The minimum Gasteiger partial charge on any atom is -0.465 e. The number of ketones is 2. The van der Waals surface area contributed by atoms with E-state index in [1.807, 2.05) is 0 Å². The van der Waals surface area contributed by atoms with Gasteiger partial charge in [0.15, 0.2) is 6.10 Å². The summed E-state index contributed by atoms with van der Waals surface area (Å²) in [4.78, 5) is 52.4. The minimum absolute atomic E-state index is 0.0491. The summed E-state index contributed by atoms with van der Waals surface area (Å²) < 4.78 is 10.2. The highest BCUT2D eigenvalue weighted by atomic mass is 16.5. The van der Waals surface area contributed by atoms with Crippen molar-refractivity contribution in [2.75, 3.05) is 7.11 Å². The smallest absolute Gasteiger partial charge is 0.339 e. The van der Waals surface area contributed by atoms with Crippen LogP contribution in [0.5, 0.6) is 0 Å². The number of Topliss-reactive ketones (excluding diaryl/α,β-unsaturated/α-hetero) is 2. The fraction of sp³-hybridized carbons (Fsp3) is 0.619. The molecule has 2 aliphatic carbocycles. The number of ether oxygens (including phenoxy) is 2. The Morgan fingerprint density at radius 2 is 1.71 bits per heavy atom. The molecule has 0 spiro atoms. The number of carbonyl (C=O) groups excluding carboxylic acids is 4. The van der Waals surface area contributed by atoms with Gasteiger partial charge in [-0.05, 0) is 52.0 Å². The van der Waals surface area contributed by atoms with E-state index >= 15 is 0 Å². The van der Waals surface area contributed by atoms with Crippen molar-refractivity contribution < 1.29 is 28.7 Å². The maximum absolute atomic E-state index is 12.8. The van der Waals surface area contributed by atoms with Gasteiger partial charge in [-0.1, -0.05) is 6.42 Å². The van der Waals surface area contributed by atoms with Crippen molar-refractivity contribution in [2.24, 2.45) is 17.8 Å². The molecule has 1 aromatic heterocycles. The average Bonchev–Trinajstić information content (AvgIpc) is 2.94. The van der Waals surface area contributed by atoms with Gasteiger partial charge < -0.3 is 14.5 Å². The van der Waals surface area contributed by atoms with Gasteiger partial charge in [0, 0.05) is 17.5 Å². The highest BCUT2D eigenvalue weighted by Gasteiger charge is 2.42. The van der Waals surface area contributed by atoms with Crippen molar-refractivity contribution in [1.29, 1.82) is 0 Å². The van der Waals surface area contributed by atoms with Gasteiger partial charge in [0.25, 0.3) is 0 Å². The van der Waals surface area contributed by atoms with Crippen LogP contribution >= 0.6 is 0 Å². The molecule has 0 amide bonds. The fourth-order valence-corrected chi connectivity index (χ4v) is 4.60. The number of fused-ring (bicyclic) bond motifs is 2. The van der Waals surface area contributed by atoms with Crippen LogP contribution in [0.1, 0.15) is 71.1 Å². The lowest BCUT2D eigenvalue weighted by atomic mass is 9.67. The SMILES string of the molecule is COC(=O)c1c(C)[nH]c(C(=O)[C@H](C)OC(=O)C2C[C@H]3CCC[C@@H](C2)C3=O)c1C. The monoisotopic (exact) mass is 389 g/mol. The molecule has 1 unspecified atom stereocenters. The molecule has 2 aliphatic rings. The van der Waals surface area contributed by atoms with Crippen LogP contribution in [-0.2, 0) is 19.1 Å². The first-order valence-electron chi connectivity index (χ1n) is 9.80. The summed E-state index contributed by atoms with van der Waals surface area (Å²) in [5.41, 5.74) is 1.58. The number of aryl methyl sites for hydroxylation is 1. The van der Waals surface area contributed by atoms with E-state index in [1.165, 1.54) is 14.0 Å². The molecule has 2 fully saturated rings. The van der Waals surface area contributed by atoms with Gasteiger partial charge in [0.05, 0.1) is 24.3 Å². The van der Waals surface area contributed by atoms with Crippen LogP contribution in [0.3, 0.4) is 0 Å². The van der Waals surface area contributed by atoms with E-state index in [9.17, 15) is 19.2 Å². The predicted octanol–water partition coefficient (Wildman–Crippen LogP) is 2.93. The number of H-pyrrole nitrogens is 1. The second-order valence-corrected chi connectivity index (χ2v) is 7.96. The Kier molecular flexibility index (Phi) is 5.72. The van der Waals surface area contributed by atoms with E-state index in [1.54, 1.807) is 13.8 Å². The minimum atomic E-state index is -0.979. The molecule has 0 saturated heterocycles. The molecular formula is C21H27NO6. The van der Waals surface area contributed by atoms with Gasteiger partial charge in [0.1, 0.15) is 5.78 Å². The second-order valence-electron chi connectivity index (χ2n) is 7.96. The molecule has 7 nitrogen and oxygen atoms in total. The molecule has 0 radical (unpaired) electrons. The lowest BCUT2D eigenvalue weighted by Gasteiger charge is -2.36. The zero-order valence-electron chi connectivity index (χ0n) is 16.8. The molecule has 4 atom stereocenters. The standard InChI is InChI=1S/C21H27NO6/c1-10-16(21(26)27-4)11(2)22-17(10)18(23)12(3)28-20(25)15-8-13-6-5-7-14(9-15)19(13)24/h12-15,22H,5-9H2,1-4H3/t12-,13-,14+,15?/m0/s1. The first-order chi connectivity index (χ1) is 13.2. The Balaban J connectivity index is 1.69. The van der Waals surface area contributed by atoms with Crippen LogP contribution in [0.15, 0.2) is 0 Å². The zero-order valence-corrected chi connectivity index (χ0v) is 16.8. The third kappa shape index (κ3) is 3.62. The Bertz CT molecular complexity index is 807. The number of aromatic nitrogens is 1. The van der Waals surface area contributed by atoms with E-state index in [2.05, 4.69) is 4.98 Å². The Labute approximate surface area is 164 Å². The van der Waals surface area contributed by atoms with Crippen molar-refractivity contribution in [3.63, 3.8) is 0 Å². The molecule has 7 heteroatoms. The summed E-state index contributed by atoms with van der Waals surface area (Å²) in [6.45, 7) is 4.87. The molecule has 1 N–H and O–H groups in total. The first-order valence-corrected chi connectivity index (χ1v) is 9.80. The van der Waals surface area contributed by atoms with Crippen molar-refractivity contribution in [3.05, 3.63) is 22.5 Å². The number of hydrogen-bond acceptors (Lipinski definition) is 6. The van der Waals surface area contributed by atoms with E-state index in [0.29, 0.717) is 29.7 Å². The van der Waals surface area contributed by atoms with E-state index < -0.39 is 23.8 Å². The molecule has 0 aliphatic heterocycles. The molecule has 0 aromatic carbocycles. The molecule has 1 aromatic rings.